The first-order valence-electron chi connectivity index (χ1n) is 5.90. The molecule has 0 aromatic heterocycles. The summed E-state index contributed by atoms with van der Waals surface area (Å²) in [6, 6.07) is 3.49. The van der Waals surface area contributed by atoms with E-state index in [1.807, 2.05) is 0 Å². The minimum atomic E-state index is -4.30. The van der Waals surface area contributed by atoms with Gasteiger partial charge in [-0.25, -0.2) is 0 Å². The van der Waals surface area contributed by atoms with Gasteiger partial charge in [-0.1, -0.05) is 6.07 Å². The van der Waals surface area contributed by atoms with Crippen LogP contribution >= 0.6 is 0 Å². The smallest absolute Gasteiger partial charge is 0.381 e. The van der Waals surface area contributed by atoms with Gasteiger partial charge in [-0.15, -0.1) is 0 Å². The van der Waals surface area contributed by atoms with Gasteiger partial charge in [0, 0.05) is 18.6 Å². The molecule has 0 amide bonds. The Kier molecular flexibility index (Phi) is 3.64. The number of nitrogens with two attached hydrogens (primary N) is 1. The van der Waals surface area contributed by atoms with Gasteiger partial charge in [0.15, 0.2) is 0 Å². The summed E-state index contributed by atoms with van der Waals surface area (Å²) in [5, 5.41) is 0. The summed E-state index contributed by atoms with van der Waals surface area (Å²) in [6.07, 6.45) is -3.44. The van der Waals surface area contributed by atoms with E-state index in [4.69, 9.17) is 10.5 Å². The molecule has 18 heavy (non-hydrogen) atoms. The third kappa shape index (κ3) is 2.67. The zero-order valence-electron chi connectivity index (χ0n) is 10.1. The average Bonchev–Trinajstić information content (AvgIpc) is 2.80. The van der Waals surface area contributed by atoms with E-state index in [-0.39, 0.29) is 12.0 Å². The Morgan fingerprint density at radius 1 is 1.39 bits per heavy atom. The van der Waals surface area contributed by atoms with Crippen LogP contribution in [0.1, 0.15) is 29.2 Å². The van der Waals surface area contributed by atoms with Crippen molar-refractivity contribution in [2.24, 2.45) is 11.7 Å². The monoisotopic (exact) mass is 259 g/mol. The quantitative estimate of drug-likeness (QED) is 0.886. The van der Waals surface area contributed by atoms with Gasteiger partial charge in [-0.2, -0.15) is 13.2 Å². The molecule has 2 unspecified atom stereocenters. The largest absolute Gasteiger partial charge is 0.416 e. The van der Waals surface area contributed by atoms with E-state index in [1.54, 1.807) is 6.92 Å². The first kappa shape index (κ1) is 13.4. The van der Waals surface area contributed by atoms with Crippen molar-refractivity contribution in [2.45, 2.75) is 25.6 Å². The number of ether oxygens (including phenoxy) is 1. The first-order chi connectivity index (χ1) is 8.39. The lowest BCUT2D eigenvalue weighted by Gasteiger charge is -2.21. The Morgan fingerprint density at radius 3 is 2.61 bits per heavy atom. The summed E-state index contributed by atoms with van der Waals surface area (Å²) in [5.41, 5.74) is 6.84. The van der Waals surface area contributed by atoms with Crippen LogP contribution in [0.5, 0.6) is 0 Å². The lowest BCUT2D eigenvalue weighted by atomic mass is 9.89. The van der Waals surface area contributed by atoms with Gasteiger partial charge in [0.2, 0.25) is 0 Å². The lowest BCUT2D eigenvalue weighted by molar-refractivity contribution is -0.137. The molecular formula is C13H16F3NO. The number of hydrogen-bond acceptors (Lipinski definition) is 2. The molecular weight excluding hydrogens is 243 g/mol. The number of benzene rings is 1. The van der Waals surface area contributed by atoms with Crippen molar-refractivity contribution in [3.63, 3.8) is 0 Å². The fourth-order valence-electron chi connectivity index (χ4n) is 2.32. The van der Waals surface area contributed by atoms with Gasteiger partial charge in [0.25, 0.3) is 0 Å². The Bertz CT molecular complexity index is 425. The maximum atomic E-state index is 12.6. The van der Waals surface area contributed by atoms with Crippen LogP contribution < -0.4 is 5.73 Å². The van der Waals surface area contributed by atoms with Crippen molar-refractivity contribution >= 4 is 0 Å². The zero-order chi connectivity index (χ0) is 13.3. The van der Waals surface area contributed by atoms with Crippen molar-refractivity contribution in [1.29, 1.82) is 0 Å². The molecule has 2 N–H and O–H groups in total. The van der Waals surface area contributed by atoms with Crippen molar-refractivity contribution in [3.05, 3.63) is 34.9 Å². The van der Waals surface area contributed by atoms with E-state index >= 15 is 0 Å². The Hall–Kier alpha value is -1.07. The molecule has 5 heteroatoms. The van der Waals surface area contributed by atoms with Crippen molar-refractivity contribution in [2.75, 3.05) is 13.2 Å². The number of halogens is 3. The number of alkyl halides is 3. The number of rotatable bonds is 2. The van der Waals surface area contributed by atoms with E-state index in [2.05, 4.69) is 0 Å². The third-order valence-electron chi connectivity index (χ3n) is 3.43. The van der Waals surface area contributed by atoms with E-state index < -0.39 is 11.7 Å². The van der Waals surface area contributed by atoms with Crippen LogP contribution in [0.15, 0.2) is 18.2 Å². The molecule has 1 saturated heterocycles. The highest BCUT2D eigenvalue weighted by molar-refractivity contribution is 5.34. The summed E-state index contributed by atoms with van der Waals surface area (Å²) in [4.78, 5) is 0. The van der Waals surface area contributed by atoms with Gasteiger partial charge in [0.05, 0.1) is 12.2 Å². The second-order valence-corrected chi connectivity index (χ2v) is 4.72. The van der Waals surface area contributed by atoms with E-state index in [9.17, 15) is 13.2 Å². The first-order valence-corrected chi connectivity index (χ1v) is 5.90. The topological polar surface area (TPSA) is 35.2 Å². The Morgan fingerprint density at radius 2 is 2.11 bits per heavy atom. The van der Waals surface area contributed by atoms with Crippen LogP contribution in [-0.2, 0) is 10.9 Å². The molecule has 1 aliphatic heterocycles. The van der Waals surface area contributed by atoms with E-state index in [0.717, 1.165) is 24.1 Å². The molecule has 0 spiro atoms. The Balaban J connectivity index is 2.24. The van der Waals surface area contributed by atoms with Gasteiger partial charge < -0.3 is 10.5 Å². The van der Waals surface area contributed by atoms with E-state index in [0.29, 0.717) is 18.8 Å². The molecule has 0 radical (unpaired) electrons. The van der Waals surface area contributed by atoms with Crippen LogP contribution in [0.2, 0.25) is 0 Å². The molecule has 1 aromatic rings. The number of aryl methyl sites for hydroxylation is 1. The molecule has 1 aromatic carbocycles. The normalized spacial score (nSPS) is 22.2. The summed E-state index contributed by atoms with van der Waals surface area (Å²) >= 11 is 0. The minimum absolute atomic E-state index is 0.195. The molecule has 1 fully saturated rings. The van der Waals surface area contributed by atoms with Crippen molar-refractivity contribution < 1.29 is 17.9 Å². The average molecular weight is 259 g/mol. The fraction of sp³-hybridized carbons (Fsp3) is 0.538. The predicted molar refractivity (Wildman–Crippen MR) is 62.0 cm³/mol. The highest BCUT2D eigenvalue weighted by atomic mass is 19.4. The molecule has 0 saturated carbocycles. The fourth-order valence-corrected chi connectivity index (χ4v) is 2.32. The Labute approximate surface area is 104 Å². The maximum absolute atomic E-state index is 12.6. The highest BCUT2D eigenvalue weighted by Gasteiger charge is 2.32. The van der Waals surface area contributed by atoms with Crippen molar-refractivity contribution in [3.8, 4) is 0 Å². The van der Waals surface area contributed by atoms with Crippen LogP contribution in [0.3, 0.4) is 0 Å². The van der Waals surface area contributed by atoms with Crippen LogP contribution in [0, 0.1) is 12.8 Å². The summed E-state index contributed by atoms with van der Waals surface area (Å²) < 4.78 is 42.9. The lowest BCUT2D eigenvalue weighted by Crippen LogP contribution is -2.22. The zero-order valence-corrected chi connectivity index (χ0v) is 10.1. The van der Waals surface area contributed by atoms with Crippen LogP contribution in [-0.4, -0.2) is 13.2 Å². The second-order valence-electron chi connectivity index (χ2n) is 4.72. The maximum Gasteiger partial charge on any atom is 0.416 e. The molecule has 100 valence electrons. The molecule has 0 bridgehead atoms. The third-order valence-corrected chi connectivity index (χ3v) is 3.43. The summed E-state index contributed by atoms with van der Waals surface area (Å²) in [7, 11) is 0. The number of hydrogen-bond donors (Lipinski definition) is 1. The summed E-state index contributed by atoms with van der Waals surface area (Å²) in [5.74, 6) is 0.195. The standard InChI is InChI=1S/C13H16F3NO/c1-8-6-10(13(14,15)16)2-3-11(8)12(17)9-4-5-18-7-9/h2-3,6,9,12H,4-5,7,17H2,1H3. The molecule has 1 aliphatic rings. The second kappa shape index (κ2) is 4.90. The SMILES string of the molecule is Cc1cc(C(F)(F)F)ccc1C(N)C1CCOC1. The minimum Gasteiger partial charge on any atom is -0.381 e. The molecule has 2 nitrogen and oxygen atoms in total. The van der Waals surface area contributed by atoms with Crippen LogP contribution in [0.25, 0.3) is 0 Å². The molecule has 1 heterocycles. The highest BCUT2D eigenvalue weighted by Crippen LogP contribution is 2.33. The van der Waals surface area contributed by atoms with Gasteiger partial charge in [0.1, 0.15) is 0 Å². The molecule has 2 atom stereocenters. The van der Waals surface area contributed by atoms with E-state index in [1.165, 1.54) is 6.07 Å². The van der Waals surface area contributed by atoms with Gasteiger partial charge in [-0.05, 0) is 36.6 Å². The molecule has 0 aliphatic carbocycles. The predicted octanol–water partition coefficient (Wildman–Crippen LogP) is 3.05. The van der Waals surface area contributed by atoms with Gasteiger partial charge >= 0.3 is 6.18 Å². The summed E-state index contributed by atoms with van der Waals surface area (Å²) in [6.45, 7) is 2.93. The molecule has 2 rings (SSSR count). The van der Waals surface area contributed by atoms with Crippen molar-refractivity contribution in [1.82, 2.24) is 0 Å². The van der Waals surface area contributed by atoms with Crippen LogP contribution in [0.4, 0.5) is 13.2 Å². The van der Waals surface area contributed by atoms with Gasteiger partial charge in [-0.3, -0.25) is 0 Å².